The van der Waals surface area contributed by atoms with Crippen molar-refractivity contribution in [2.45, 2.75) is 19.3 Å². The third-order valence-corrected chi connectivity index (χ3v) is 4.20. The molecule has 0 aromatic heterocycles. The van der Waals surface area contributed by atoms with Crippen molar-refractivity contribution in [1.82, 2.24) is 0 Å². The van der Waals surface area contributed by atoms with Crippen LogP contribution in [-0.4, -0.2) is 19.0 Å². The molecule has 1 aliphatic rings. The van der Waals surface area contributed by atoms with Gasteiger partial charge in [-0.1, -0.05) is 0 Å². The molecule has 0 saturated carbocycles. The first-order valence-corrected chi connectivity index (χ1v) is 7.12. The van der Waals surface area contributed by atoms with Crippen LogP contribution in [0.1, 0.15) is 24.8 Å². The molecule has 1 heterocycles. The number of piperidine rings is 1. The Labute approximate surface area is 121 Å². The Morgan fingerprint density at radius 1 is 1.47 bits per heavy atom. The monoisotopic (exact) mass is 321 g/mol. The number of carbonyl (C=O) groups is 1. The van der Waals surface area contributed by atoms with Crippen LogP contribution >= 0.6 is 15.9 Å². The standard InChI is InChI=1S/C14H16BrN3O/c15-13-8-12(2-1-11(13)9-16)18-5-3-10(4-6-18)7-14(17)19/h1-2,8,10H,3-7H2,(H2,17,19). The molecular weight excluding hydrogens is 306 g/mol. The molecule has 2 rings (SSSR count). The number of anilines is 1. The van der Waals surface area contributed by atoms with Gasteiger partial charge in [-0.05, 0) is 52.9 Å². The molecule has 5 heteroatoms. The molecule has 0 aliphatic carbocycles. The second-order valence-electron chi connectivity index (χ2n) is 4.88. The third kappa shape index (κ3) is 3.48. The molecule has 0 atom stereocenters. The van der Waals surface area contributed by atoms with Crippen LogP contribution in [0.5, 0.6) is 0 Å². The van der Waals surface area contributed by atoms with Crippen molar-refractivity contribution in [3.05, 3.63) is 28.2 Å². The molecule has 0 unspecified atom stereocenters. The van der Waals surface area contributed by atoms with Gasteiger partial charge in [0.1, 0.15) is 6.07 Å². The second kappa shape index (κ2) is 6.07. The number of amides is 1. The molecule has 0 radical (unpaired) electrons. The summed E-state index contributed by atoms with van der Waals surface area (Å²) >= 11 is 3.41. The molecule has 1 aliphatic heterocycles. The topological polar surface area (TPSA) is 70.1 Å². The van der Waals surface area contributed by atoms with Gasteiger partial charge in [0.05, 0.1) is 5.56 Å². The summed E-state index contributed by atoms with van der Waals surface area (Å²) in [5.41, 5.74) is 6.99. The van der Waals surface area contributed by atoms with E-state index in [2.05, 4.69) is 26.9 Å². The second-order valence-corrected chi connectivity index (χ2v) is 5.73. The molecule has 1 aromatic carbocycles. The fourth-order valence-corrected chi connectivity index (χ4v) is 2.93. The lowest BCUT2D eigenvalue weighted by atomic mass is 9.93. The first kappa shape index (κ1) is 13.9. The normalized spacial score (nSPS) is 16.1. The molecule has 1 amide bonds. The van der Waals surface area contributed by atoms with Gasteiger partial charge >= 0.3 is 0 Å². The Morgan fingerprint density at radius 2 is 2.16 bits per heavy atom. The quantitative estimate of drug-likeness (QED) is 0.929. The summed E-state index contributed by atoms with van der Waals surface area (Å²) in [6.07, 6.45) is 2.46. The number of nitrogens with two attached hydrogens (primary N) is 1. The smallest absolute Gasteiger partial charge is 0.217 e. The molecule has 0 bridgehead atoms. The van der Waals surface area contributed by atoms with E-state index in [4.69, 9.17) is 11.0 Å². The summed E-state index contributed by atoms with van der Waals surface area (Å²) in [4.78, 5) is 13.2. The summed E-state index contributed by atoms with van der Waals surface area (Å²) in [7, 11) is 0. The minimum Gasteiger partial charge on any atom is -0.371 e. The van der Waals surface area contributed by atoms with E-state index in [-0.39, 0.29) is 5.91 Å². The first-order valence-electron chi connectivity index (χ1n) is 6.33. The number of rotatable bonds is 3. The maximum atomic E-state index is 10.9. The summed E-state index contributed by atoms with van der Waals surface area (Å²) in [6.45, 7) is 1.85. The van der Waals surface area contributed by atoms with Crippen molar-refractivity contribution in [2.75, 3.05) is 18.0 Å². The lowest BCUT2D eigenvalue weighted by Gasteiger charge is -2.33. The SMILES string of the molecule is N#Cc1ccc(N2CCC(CC(N)=O)CC2)cc1Br. The molecule has 1 aromatic rings. The number of nitriles is 1. The molecule has 1 saturated heterocycles. The maximum Gasteiger partial charge on any atom is 0.217 e. The summed E-state index contributed by atoms with van der Waals surface area (Å²) < 4.78 is 0.826. The number of carbonyl (C=O) groups excluding carboxylic acids is 1. The lowest BCUT2D eigenvalue weighted by molar-refractivity contribution is -0.119. The van der Waals surface area contributed by atoms with Crippen molar-refractivity contribution in [1.29, 1.82) is 5.26 Å². The van der Waals surface area contributed by atoms with Crippen molar-refractivity contribution < 1.29 is 4.79 Å². The van der Waals surface area contributed by atoms with Gasteiger partial charge in [-0.15, -0.1) is 0 Å². The van der Waals surface area contributed by atoms with Crippen LogP contribution in [0.25, 0.3) is 0 Å². The highest BCUT2D eigenvalue weighted by atomic mass is 79.9. The number of nitrogens with zero attached hydrogens (tertiary/aromatic N) is 2. The predicted octanol–water partition coefficient (Wildman–Crippen LogP) is 2.41. The van der Waals surface area contributed by atoms with Gasteiger partial charge < -0.3 is 10.6 Å². The van der Waals surface area contributed by atoms with Crippen LogP contribution in [-0.2, 0) is 4.79 Å². The van der Waals surface area contributed by atoms with Crippen molar-refractivity contribution in [3.63, 3.8) is 0 Å². The molecule has 100 valence electrons. The molecule has 2 N–H and O–H groups in total. The zero-order valence-electron chi connectivity index (χ0n) is 10.6. The number of primary amides is 1. The zero-order valence-corrected chi connectivity index (χ0v) is 12.2. The number of hydrogen-bond donors (Lipinski definition) is 1. The van der Waals surface area contributed by atoms with E-state index in [9.17, 15) is 4.79 Å². The van der Waals surface area contributed by atoms with Gasteiger partial charge in [-0.2, -0.15) is 5.26 Å². The maximum absolute atomic E-state index is 10.9. The summed E-state index contributed by atoms with van der Waals surface area (Å²) in [5.74, 6) is 0.204. The van der Waals surface area contributed by atoms with E-state index in [0.717, 1.165) is 36.1 Å². The molecule has 0 spiro atoms. The molecule has 19 heavy (non-hydrogen) atoms. The van der Waals surface area contributed by atoms with Gasteiger partial charge in [0.2, 0.25) is 5.91 Å². The fraction of sp³-hybridized carbons (Fsp3) is 0.429. The summed E-state index contributed by atoms with van der Waals surface area (Å²) in [6, 6.07) is 7.91. The highest BCUT2D eigenvalue weighted by Gasteiger charge is 2.21. The molecule has 1 fully saturated rings. The average molecular weight is 322 g/mol. The highest BCUT2D eigenvalue weighted by Crippen LogP contribution is 2.28. The minimum atomic E-state index is -0.209. The van der Waals surface area contributed by atoms with E-state index >= 15 is 0 Å². The summed E-state index contributed by atoms with van der Waals surface area (Å²) in [5, 5.41) is 8.90. The zero-order chi connectivity index (χ0) is 13.8. The molecule has 4 nitrogen and oxygen atoms in total. The number of hydrogen-bond acceptors (Lipinski definition) is 3. The largest absolute Gasteiger partial charge is 0.371 e. The van der Waals surface area contributed by atoms with Gasteiger partial charge in [0, 0.05) is 29.7 Å². The highest BCUT2D eigenvalue weighted by molar-refractivity contribution is 9.10. The van der Waals surface area contributed by atoms with E-state index < -0.39 is 0 Å². The Kier molecular flexibility index (Phi) is 4.43. The van der Waals surface area contributed by atoms with E-state index in [1.54, 1.807) is 0 Å². The third-order valence-electron chi connectivity index (χ3n) is 3.54. The first-order chi connectivity index (χ1) is 9.10. The number of benzene rings is 1. The van der Waals surface area contributed by atoms with Crippen LogP contribution in [0.4, 0.5) is 5.69 Å². The average Bonchev–Trinajstić information content (AvgIpc) is 2.39. The van der Waals surface area contributed by atoms with Gasteiger partial charge in [-0.3, -0.25) is 4.79 Å². The van der Waals surface area contributed by atoms with E-state index in [0.29, 0.717) is 17.9 Å². The Bertz CT molecular complexity index is 516. The van der Waals surface area contributed by atoms with Crippen LogP contribution in [0.3, 0.4) is 0 Å². The fourth-order valence-electron chi connectivity index (χ4n) is 2.47. The van der Waals surface area contributed by atoms with Crippen LogP contribution in [0.2, 0.25) is 0 Å². The van der Waals surface area contributed by atoms with Crippen LogP contribution in [0, 0.1) is 17.2 Å². The van der Waals surface area contributed by atoms with Gasteiger partial charge in [0.25, 0.3) is 0 Å². The molecular formula is C14H16BrN3O. The van der Waals surface area contributed by atoms with Crippen molar-refractivity contribution >= 4 is 27.5 Å². The van der Waals surface area contributed by atoms with Crippen LogP contribution in [0.15, 0.2) is 22.7 Å². The van der Waals surface area contributed by atoms with E-state index in [1.807, 2.05) is 18.2 Å². The van der Waals surface area contributed by atoms with Crippen molar-refractivity contribution in [3.8, 4) is 6.07 Å². The number of halogens is 1. The Morgan fingerprint density at radius 3 is 2.68 bits per heavy atom. The van der Waals surface area contributed by atoms with Crippen LogP contribution < -0.4 is 10.6 Å². The van der Waals surface area contributed by atoms with E-state index in [1.165, 1.54) is 0 Å². The Hall–Kier alpha value is -1.54. The lowest BCUT2D eigenvalue weighted by Crippen LogP contribution is -2.35. The van der Waals surface area contributed by atoms with Crippen molar-refractivity contribution in [2.24, 2.45) is 11.7 Å². The van der Waals surface area contributed by atoms with Gasteiger partial charge in [-0.25, -0.2) is 0 Å². The Balaban J connectivity index is 2.00. The predicted molar refractivity (Wildman–Crippen MR) is 77.6 cm³/mol. The van der Waals surface area contributed by atoms with Gasteiger partial charge in [0.15, 0.2) is 0 Å². The minimum absolute atomic E-state index is 0.209.